The lowest BCUT2D eigenvalue weighted by molar-refractivity contribution is -0.121. The second-order valence-electron chi connectivity index (χ2n) is 5.38. The van der Waals surface area contributed by atoms with Crippen molar-refractivity contribution in [2.75, 3.05) is 13.1 Å². The lowest BCUT2D eigenvalue weighted by Crippen LogP contribution is -2.41. The standard InChI is InChI=1S/C14H18N4O3S/c15-5-6-16-10(19)7-18-13(20)11-8-3-1-2-4-9(8)22-12(11)17-14(18)21/h1-7,15H2,(H,16,19)(H,17,21). The summed E-state index contributed by atoms with van der Waals surface area (Å²) in [6, 6.07) is 0. The summed E-state index contributed by atoms with van der Waals surface area (Å²) >= 11 is 1.48. The first-order valence-corrected chi connectivity index (χ1v) is 8.17. The number of H-pyrrole nitrogens is 1. The average Bonchev–Trinajstić information content (AvgIpc) is 2.87. The Kier molecular flexibility index (Phi) is 4.12. The zero-order valence-corrected chi connectivity index (χ0v) is 12.9. The molecule has 0 aromatic carbocycles. The SMILES string of the molecule is NCCNC(=O)Cn1c(=O)[nH]c2sc3c(c2c1=O)CCCC3. The second kappa shape index (κ2) is 6.05. The quantitative estimate of drug-likeness (QED) is 0.718. The number of fused-ring (bicyclic) bond motifs is 3. The van der Waals surface area contributed by atoms with E-state index < -0.39 is 5.69 Å². The number of nitrogens with one attached hydrogen (secondary N) is 2. The molecule has 0 bridgehead atoms. The molecule has 2 aromatic rings. The molecular weight excluding hydrogens is 304 g/mol. The number of aromatic amines is 1. The van der Waals surface area contributed by atoms with Crippen molar-refractivity contribution in [1.82, 2.24) is 14.9 Å². The van der Waals surface area contributed by atoms with Gasteiger partial charge in [-0.1, -0.05) is 0 Å². The number of amides is 1. The van der Waals surface area contributed by atoms with Crippen LogP contribution in [0.3, 0.4) is 0 Å². The van der Waals surface area contributed by atoms with Crippen LogP contribution in [0.4, 0.5) is 0 Å². The van der Waals surface area contributed by atoms with E-state index in [4.69, 9.17) is 5.73 Å². The maximum absolute atomic E-state index is 12.6. The molecule has 1 aliphatic carbocycles. The summed E-state index contributed by atoms with van der Waals surface area (Å²) in [5, 5.41) is 3.14. The summed E-state index contributed by atoms with van der Waals surface area (Å²) in [5.74, 6) is -0.388. The molecule has 0 saturated heterocycles. The molecular formula is C14H18N4O3S. The van der Waals surface area contributed by atoms with Crippen molar-refractivity contribution in [3.63, 3.8) is 0 Å². The second-order valence-corrected chi connectivity index (χ2v) is 6.48. The first-order chi connectivity index (χ1) is 10.6. The minimum Gasteiger partial charge on any atom is -0.353 e. The zero-order chi connectivity index (χ0) is 15.7. The first kappa shape index (κ1) is 15.0. The predicted molar refractivity (Wildman–Crippen MR) is 85.4 cm³/mol. The van der Waals surface area contributed by atoms with Crippen molar-refractivity contribution >= 4 is 27.5 Å². The van der Waals surface area contributed by atoms with Gasteiger partial charge in [-0.25, -0.2) is 4.79 Å². The molecule has 7 nitrogen and oxygen atoms in total. The van der Waals surface area contributed by atoms with Crippen molar-refractivity contribution in [3.05, 3.63) is 31.3 Å². The minimum absolute atomic E-state index is 0.283. The van der Waals surface area contributed by atoms with E-state index in [0.717, 1.165) is 35.8 Å². The topological polar surface area (TPSA) is 110 Å². The highest BCUT2D eigenvalue weighted by atomic mass is 32.1. The van der Waals surface area contributed by atoms with E-state index in [0.29, 0.717) is 23.3 Å². The molecule has 8 heteroatoms. The largest absolute Gasteiger partial charge is 0.353 e. The summed E-state index contributed by atoms with van der Waals surface area (Å²) in [7, 11) is 0. The molecule has 118 valence electrons. The van der Waals surface area contributed by atoms with Gasteiger partial charge < -0.3 is 11.1 Å². The van der Waals surface area contributed by atoms with Crippen LogP contribution in [0.1, 0.15) is 23.3 Å². The van der Waals surface area contributed by atoms with Gasteiger partial charge in [-0.2, -0.15) is 0 Å². The lowest BCUT2D eigenvalue weighted by atomic mass is 9.97. The third-order valence-corrected chi connectivity index (χ3v) is 5.07. The van der Waals surface area contributed by atoms with Crippen LogP contribution in [0.2, 0.25) is 0 Å². The Morgan fingerprint density at radius 1 is 1.32 bits per heavy atom. The molecule has 0 aliphatic heterocycles. The minimum atomic E-state index is -0.543. The van der Waals surface area contributed by atoms with Crippen LogP contribution in [0.25, 0.3) is 10.2 Å². The fourth-order valence-electron chi connectivity index (χ4n) is 2.83. The number of hydrogen-bond acceptors (Lipinski definition) is 5. The Balaban J connectivity index is 2.06. The lowest BCUT2D eigenvalue weighted by Gasteiger charge is -2.10. The van der Waals surface area contributed by atoms with E-state index in [1.165, 1.54) is 16.2 Å². The van der Waals surface area contributed by atoms with Gasteiger partial charge in [0.15, 0.2) is 0 Å². The number of carbonyl (C=O) groups excluding carboxylic acids is 1. The maximum atomic E-state index is 12.6. The van der Waals surface area contributed by atoms with E-state index in [1.807, 2.05) is 0 Å². The van der Waals surface area contributed by atoms with Gasteiger partial charge in [-0.3, -0.25) is 19.1 Å². The van der Waals surface area contributed by atoms with Gasteiger partial charge in [-0.05, 0) is 31.2 Å². The monoisotopic (exact) mass is 322 g/mol. The highest BCUT2D eigenvalue weighted by Crippen LogP contribution is 2.32. The average molecular weight is 322 g/mol. The van der Waals surface area contributed by atoms with Gasteiger partial charge in [0.25, 0.3) is 5.56 Å². The number of aromatic nitrogens is 2. The normalized spacial score (nSPS) is 14.0. The predicted octanol–water partition coefficient (Wildman–Crippen LogP) is -0.295. The first-order valence-electron chi connectivity index (χ1n) is 7.36. The highest BCUT2D eigenvalue weighted by molar-refractivity contribution is 7.18. The van der Waals surface area contributed by atoms with E-state index >= 15 is 0 Å². The van der Waals surface area contributed by atoms with Gasteiger partial charge in [0.2, 0.25) is 5.91 Å². The molecule has 1 aliphatic rings. The highest BCUT2D eigenvalue weighted by Gasteiger charge is 2.21. The molecule has 0 atom stereocenters. The molecule has 2 heterocycles. The van der Waals surface area contributed by atoms with E-state index in [1.54, 1.807) is 0 Å². The van der Waals surface area contributed by atoms with Crippen LogP contribution in [0.15, 0.2) is 9.59 Å². The van der Waals surface area contributed by atoms with Gasteiger partial charge in [0.1, 0.15) is 11.4 Å². The van der Waals surface area contributed by atoms with Crippen LogP contribution in [-0.2, 0) is 24.2 Å². The zero-order valence-electron chi connectivity index (χ0n) is 12.1. The van der Waals surface area contributed by atoms with Crippen molar-refractivity contribution in [2.24, 2.45) is 5.73 Å². The van der Waals surface area contributed by atoms with Crippen molar-refractivity contribution in [3.8, 4) is 0 Å². The smallest absolute Gasteiger partial charge is 0.329 e. The fourth-order valence-corrected chi connectivity index (χ4v) is 4.10. The Morgan fingerprint density at radius 2 is 2.09 bits per heavy atom. The van der Waals surface area contributed by atoms with Crippen LogP contribution in [0.5, 0.6) is 0 Å². The summed E-state index contributed by atoms with van der Waals surface area (Å²) in [6.45, 7) is 0.352. The maximum Gasteiger partial charge on any atom is 0.329 e. The summed E-state index contributed by atoms with van der Waals surface area (Å²) < 4.78 is 0.968. The summed E-state index contributed by atoms with van der Waals surface area (Å²) in [5.41, 5.74) is 5.45. The van der Waals surface area contributed by atoms with Crippen LogP contribution < -0.4 is 22.3 Å². The van der Waals surface area contributed by atoms with Crippen LogP contribution in [-0.4, -0.2) is 28.5 Å². The van der Waals surface area contributed by atoms with Crippen LogP contribution >= 0.6 is 11.3 Å². The number of nitrogens with two attached hydrogens (primary N) is 1. The molecule has 4 N–H and O–H groups in total. The third kappa shape index (κ3) is 2.59. The Morgan fingerprint density at radius 3 is 2.86 bits per heavy atom. The molecule has 2 aromatic heterocycles. The van der Waals surface area contributed by atoms with E-state index in [-0.39, 0.29) is 18.0 Å². The molecule has 0 unspecified atom stereocenters. The number of nitrogens with zero attached hydrogens (tertiary/aromatic N) is 1. The molecule has 0 spiro atoms. The van der Waals surface area contributed by atoms with Gasteiger partial charge in [-0.15, -0.1) is 11.3 Å². The third-order valence-electron chi connectivity index (χ3n) is 3.86. The summed E-state index contributed by atoms with van der Waals surface area (Å²) in [4.78, 5) is 41.0. The summed E-state index contributed by atoms with van der Waals surface area (Å²) in [6.07, 6.45) is 3.97. The van der Waals surface area contributed by atoms with E-state index in [2.05, 4.69) is 10.3 Å². The Hall–Kier alpha value is -1.93. The number of thiophene rings is 1. The van der Waals surface area contributed by atoms with Crippen molar-refractivity contribution < 1.29 is 4.79 Å². The van der Waals surface area contributed by atoms with Crippen LogP contribution in [0, 0.1) is 0 Å². The van der Waals surface area contributed by atoms with Gasteiger partial charge in [0, 0.05) is 18.0 Å². The number of rotatable bonds is 4. The molecule has 1 amide bonds. The molecule has 0 radical (unpaired) electrons. The molecule has 0 saturated carbocycles. The number of carbonyl (C=O) groups is 1. The van der Waals surface area contributed by atoms with Crippen molar-refractivity contribution in [1.29, 1.82) is 0 Å². The van der Waals surface area contributed by atoms with Gasteiger partial charge >= 0.3 is 5.69 Å². The van der Waals surface area contributed by atoms with Gasteiger partial charge in [0.05, 0.1) is 5.39 Å². The van der Waals surface area contributed by atoms with E-state index in [9.17, 15) is 14.4 Å². The molecule has 3 rings (SSSR count). The number of hydrogen-bond donors (Lipinski definition) is 3. The number of aryl methyl sites for hydroxylation is 2. The Labute approximate surface area is 130 Å². The molecule has 22 heavy (non-hydrogen) atoms. The molecule has 0 fully saturated rings. The van der Waals surface area contributed by atoms with Crippen molar-refractivity contribution in [2.45, 2.75) is 32.2 Å². The fraction of sp³-hybridized carbons (Fsp3) is 0.500. The Bertz CT molecular complexity index is 833.